The molecule has 0 amide bonds. The molecule has 2 N–H and O–H groups in total. The van der Waals surface area contributed by atoms with Crippen molar-refractivity contribution in [1.82, 2.24) is 9.78 Å². The van der Waals surface area contributed by atoms with E-state index in [2.05, 4.69) is 5.10 Å². The number of hydrogen-bond acceptors (Lipinski definition) is 4. The van der Waals surface area contributed by atoms with E-state index >= 15 is 0 Å². The Hall–Kier alpha value is -2.37. The fourth-order valence-corrected chi connectivity index (χ4v) is 1.87. The maximum Gasteiger partial charge on any atom is 0.328 e. The van der Waals surface area contributed by atoms with Crippen molar-refractivity contribution in [1.29, 1.82) is 0 Å². The second-order valence-corrected chi connectivity index (χ2v) is 5.74. The molecule has 2 aromatic rings. The average Bonchev–Trinajstić information content (AvgIpc) is 2.78. The van der Waals surface area contributed by atoms with Gasteiger partial charge in [0.25, 0.3) is 0 Å². The number of benzene rings is 1. The Balaban J connectivity index is 2.15. The number of nitrogens with two attached hydrogens (primary N) is 1. The third-order valence-corrected chi connectivity index (χ3v) is 2.67. The number of hydrogen-bond donors (Lipinski definition) is 1. The van der Waals surface area contributed by atoms with Crippen molar-refractivity contribution in [2.45, 2.75) is 32.9 Å². The van der Waals surface area contributed by atoms with Gasteiger partial charge < -0.3 is 10.5 Å². The number of nitrogens with zero attached hydrogens (tertiary/aromatic N) is 2. The van der Waals surface area contributed by atoms with Crippen LogP contribution in [-0.4, -0.2) is 21.4 Å². The Kier molecular flexibility index (Phi) is 3.97. The molecule has 6 heteroatoms. The summed E-state index contributed by atoms with van der Waals surface area (Å²) in [7, 11) is 0. The van der Waals surface area contributed by atoms with Crippen LogP contribution in [0.4, 0.5) is 10.1 Å². The Bertz CT molecular complexity index is 659. The zero-order chi connectivity index (χ0) is 15.6. The minimum Gasteiger partial charge on any atom is -0.459 e. The first-order chi connectivity index (χ1) is 9.74. The van der Waals surface area contributed by atoms with Gasteiger partial charge in [-0.05, 0) is 39.0 Å². The summed E-state index contributed by atoms with van der Waals surface area (Å²) in [6, 6.07) is 4.13. The van der Waals surface area contributed by atoms with E-state index in [0.717, 1.165) is 0 Å². The van der Waals surface area contributed by atoms with Crippen molar-refractivity contribution < 1.29 is 13.9 Å². The summed E-state index contributed by atoms with van der Waals surface area (Å²) in [5, 5.41) is 4.07. The fourth-order valence-electron chi connectivity index (χ4n) is 1.87. The Labute approximate surface area is 122 Å². The van der Waals surface area contributed by atoms with Gasteiger partial charge in [-0.15, -0.1) is 0 Å². The third-order valence-electron chi connectivity index (χ3n) is 2.67. The van der Waals surface area contributed by atoms with E-state index in [1.165, 1.54) is 29.1 Å². The molecule has 21 heavy (non-hydrogen) atoms. The molecule has 0 fully saturated rings. The second kappa shape index (κ2) is 5.55. The number of esters is 1. The monoisotopic (exact) mass is 291 g/mol. The van der Waals surface area contributed by atoms with Gasteiger partial charge in [0.1, 0.15) is 18.0 Å². The zero-order valence-corrected chi connectivity index (χ0v) is 12.3. The molecule has 0 spiro atoms. The predicted octanol–water partition coefficient (Wildman–Crippen LogP) is 2.61. The molecule has 0 bridgehead atoms. The summed E-state index contributed by atoms with van der Waals surface area (Å²) in [4.78, 5) is 11.7. The molecule has 0 unspecified atom stereocenters. The van der Waals surface area contributed by atoms with Crippen molar-refractivity contribution in [2.24, 2.45) is 0 Å². The molecule has 0 saturated heterocycles. The molecule has 0 radical (unpaired) electrons. The van der Waals surface area contributed by atoms with Crippen LogP contribution in [0.5, 0.6) is 0 Å². The highest BCUT2D eigenvalue weighted by Crippen LogP contribution is 2.26. The third kappa shape index (κ3) is 4.05. The average molecular weight is 291 g/mol. The Morgan fingerprint density at radius 2 is 2.14 bits per heavy atom. The highest BCUT2D eigenvalue weighted by atomic mass is 19.1. The zero-order valence-electron chi connectivity index (χ0n) is 12.3. The minimum absolute atomic E-state index is 0.00745. The molecule has 112 valence electrons. The lowest BCUT2D eigenvalue weighted by atomic mass is 10.1. The standard InChI is InChI=1S/C15H18FN3O2/c1-15(2,3)21-14(20)9-19-8-10(7-18-19)12-6-11(16)4-5-13(12)17/h4-8H,9,17H2,1-3H3. The van der Waals surface area contributed by atoms with Gasteiger partial charge in [-0.1, -0.05) is 0 Å². The highest BCUT2D eigenvalue weighted by Gasteiger charge is 2.17. The lowest BCUT2D eigenvalue weighted by molar-refractivity contribution is -0.155. The van der Waals surface area contributed by atoms with Crippen molar-refractivity contribution in [3.8, 4) is 11.1 Å². The second-order valence-electron chi connectivity index (χ2n) is 5.74. The van der Waals surface area contributed by atoms with Crippen LogP contribution in [0.15, 0.2) is 30.6 Å². The van der Waals surface area contributed by atoms with E-state index in [-0.39, 0.29) is 18.3 Å². The summed E-state index contributed by atoms with van der Waals surface area (Å²) >= 11 is 0. The molecular formula is C15H18FN3O2. The van der Waals surface area contributed by atoms with E-state index in [9.17, 15) is 9.18 Å². The molecule has 0 saturated carbocycles. The number of halogens is 1. The molecule has 1 heterocycles. The van der Waals surface area contributed by atoms with Gasteiger partial charge in [0.05, 0.1) is 6.20 Å². The van der Waals surface area contributed by atoms with E-state index in [4.69, 9.17) is 10.5 Å². The number of aromatic nitrogens is 2. The molecule has 1 aromatic heterocycles. The summed E-state index contributed by atoms with van der Waals surface area (Å²) in [6.07, 6.45) is 3.17. The number of ether oxygens (including phenoxy) is 1. The fraction of sp³-hybridized carbons (Fsp3) is 0.333. The van der Waals surface area contributed by atoms with Crippen LogP contribution >= 0.6 is 0 Å². The normalized spacial score (nSPS) is 11.4. The Morgan fingerprint density at radius 3 is 2.81 bits per heavy atom. The lowest BCUT2D eigenvalue weighted by Crippen LogP contribution is -2.26. The van der Waals surface area contributed by atoms with Gasteiger partial charge in [-0.25, -0.2) is 4.39 Å². The SMILES string of the molecule is CC(C)(C)OC(=O)Cn1cc(-c2cc(F)ccc2N)cn1. The van der Waals surface area contributed by atoms with Gasteiger partial charge in [-0.2, -0.15) is 5.10 Å². The lowest BCUT2D eigenvalue weighted by Gasteiger charge is -2.19. The van der Waals surface area contributed by atoms with Crippen molar-refractivity contribution in [3.63, 3.8) is 0 Å². The number of carbonyl (C=O) groups excluding carboxylic acids is 1. The largest absolute Gasteiger partial charge is 0.459 e. The van der Waals surface area contributed by atoms with Crippen molar-refractivity contribution in [2.75, 3.05) is 5.73 Å². The van der Waals surface area contributed by atoms with Crippen LogP contribution in [-0.2, 0) is 16.1 Å². The predicted molar refractivity (Wildman–Crippen MR) is 77.9 cm³/mol. The van der Waals surface area contributed by atoms with Crippen LogP contribution in [0.25, 0.3) is 11.1 Å². The van der Waals surface area contributed by atoms with Crippen LogP contribution < -0.4 is 5.73 Å². The van der Waals surface area contributed by atoms with Crippen LogP contribution in [0, 0.1) is 5.82 Å². The van der Waals surface area contributed by atoms with Crippen LogP contribution in [0.1, 0.15) is 20.8 Å². The molecule has 0 aliphatic heterocycles. The highest BCUT2D eigenvalue weighted by molar-refractivity contribution is 5.75. The van der Waals surface area contributed by atoms with Crippen molar-refractivity contribution >= 4 is 11.7 Å². The topological polar surface area (TPSA) is 70.1 Å². The number of carbonyl (C=O) groups is 1. The molecule has 5 nitrogen and oxygen atoms in total. The summed E-state index contributed by atoms with van der Waals surface area (Å²) in [5.74, 6) is -0.761. The van der Waals surface area contributed by atoms with E-state index in [0.29, 0.717) is 16.8 Å². The molecule has 0 aliphatic rings. The quantitative estimate of drug-likeness (QED) is 0.697. The molecule has 1 aromatic carbocycles. The van der Waals surface area contributed by atoms with Gasteiger partial charge in [0.15, 0.2) is 0 Å². The van der Waals surface area contributed by atoms with Crippen LogP contribution in [0.3, 0.4) is 0 Å². The first kappa shape index (κ1) is 15.0. The summed E-state index contributed by atoms with van der Waals surface area (Å²) < 4.78 is 19.9. The van der Waals surface area contributed by atoms with Crippen LogP contribution in [0.2, 0.25) is 0 Å². The van der Waals surface area contributed by atoms with E-state index in [1.807, 2.05) is 0 Å². The first-order valence-corrected chi connectivity index (χ1v) is 6.54. The summed E-state index contributed by atoms with van der Waals surface area (Å²) in [5.41, 5.74) is 6.93. The smallest absolute Gasteiger partial charge is 0.328 e. The maximum absolute atomic E-state index is 13.3. The molecule has 0 aliphatic carbocycles. The van der Waals surface area contributed by atoms with Gasteiger partial charge >= 0.3 is 5.97 Å². The number of nitrogen functional groups attached to an aromatic ring is 1. The molecule has 0 atom stereocenters. The Morgan fingerprint density at radius 1 is 1.43 bits per heavy atom. The molecule has 2 rings (SSSR count). The van der Waals surface area contributed by atoms with E-state index in [1.54, 1.807) is 27.0 Å². The van der Waals surface area contributed by atoms with Crippen molar-refractivity contribution in [3.05, 3.63) is 36.4 Å². The number of anilines is 1. The maximum atomic E-state index is 13.3. The minimum atomic E-state index is -0.542. The first-order valence-electron chi connectivity index (χ1n) is 6.54. The van der Waals surface area contributed by atoms with E-state index < -0.39 is 5.60 Å². The summed E-state index contributed by atoms with van der Waals surface area (Å²) in [6.45, 7) is 5.39. The number of rotatable bonds is 3. The van der Waals surface area contributed by atoms with Gasteiger partial charge in [0.2, 0.25) is 0 Å². The van der Waals surface area contributed by atoms with Gasteiger partial charge in [-0.3, -0.25) is 9.48 Å². The molecular weight excluding hydrogens is 273 g/mol. The van der Waals surface area contributed by atoms with Gasteiger partial charge in [0, 0.05) is 23.0 Å².